The van der Waals surface area contributed by atoms with Crippen LogP contribution in [0.3, 0.4) is 0 Å². The van der Waals surface area contributed by atoms with Crippen molar-refractivity contribution in [1.82, 2.24) is 9.97 Å². The molecule has 0 spiro atoms. The van der Waals surface area contributed by atoms with Crippen LogP contribution in [0.2, 0.25) is 10.3 Å². The van der Waals surface area contributed by atoms with Crippen LogP contribution in [-0.4, -0.2) is 28.1 Å². The van der Waals surface area contributed by atoms with Gasteiger partial charge in [0.05, 0.1) is 15.4 Å². The van der Waals surface area contributed by atoms with Gasteiger partial charge >= 0.3 is 5.69 Å². The van der Waals surface area contributed by atoms with Crippen LogP contribution in [0.5, 0.6) is 0 Å². The molecule has 1 aromatic heterocycles. The Morgan fingerprint density at radius 3 is 2.46 bits per heavy atom. The molecule has 0 aliphatic carbocycles. The van der Waals surface area contributed by atoms with Gasteiger partial charge in [-0.15, -0.1) is 0 Å². The van der Waals surface area contributed by atoms with Crippen LogP contribution in [0.1, 0.15) is 37.6 Å². The Morgan fingerprint density at radius 1 is 1.23 bits per heavy atom. The molecule has 0 aliphatic rings. The Morgan fingerprint density at radius 2 is 1.88 bits per heavy atom. The molecule has 26 heavy (non-hydrogen) atoms. The molecule has 10 heteroatoms. The fourth-order valence-corrected chi connectivity index (χ4v) is 3.63. The molecule has 0 fully saturated rings. The van der Waals surface area contributed by atoms with Crippen LogP contribution in [-0.2, 0) is 22.0 Å². The molecular weight excluding hydrogens is 401 g/mol. The van der Waals surface area contributed by atoms with E-state index in [0.29, 0.717) is 16.1 Å². The number of benzene rings is 1. The number of nitro groups is 1. The van der Waals surface area contributed by atoms with Gasteiger partial charge in [-0.2, -0.15) is 0 Å². The van der Waals surface area contributed by atoms with E-state index < -0.39 is 19.5 Å². The highest BCUT2D eigenvalue weighted by molar-refractivity contribution is 7.91. The van der Waals surface area contributed by atoms with Gasteiger partial charge in [-0.25, -0.2) is 18.4 Å². The van der Waals surface area contributed by atoms with E-state index >= 15 is 0 Å². The maximum Gasteiger partial charge on any atom is 0.309 e. The van der Waals surface area contributed by atoms with Gasteiger partial charge in [0.2, 0.25) is 5.28 Å². The van der Waals surface area contributed by atoms with Crippen molar-refractivity contribution in [2.24, 2.45) is 0 Å². The van der Waals surface area contributed by atoms with Gasteiger partial charge in [0.1, 0.15) is 11.9 Å². The molecule has 0 N–H and O–H groups in total. The number of halogens is 2. The molecule has 0 unspecified atom stereocenters. The Labute approximate surface area is 161 Å². The highest BCUT2D eigenvalue weighted by atomic mass is 35.5. The van der Waals surface area contributed by atoms with Gasteiger partial charge in [-0.1, -0.05) is 23.7 Å². The average molecular weight is 418 g/mol. The van der Waals surface area contributed by atoms with Crippen molar-refractivity contribution >= 4 is 38.7 Å². The minimum atomic E-state index is -3.43. The van der Waals surface area contributed by atoms with Gasteiger partial charge < -0.3 is 0 Å². The summed E-state index contributed by atoms with van der Waals surface area (Å²) in [6.07, 6.45) is 1.14. The molecule has 0 saturated carbocycles. The van der Waals surface area contributed by atoms with E-state index in [9.17, 15) is 18.5 Å². The molecule has 1 heterocycles. The van der Waals surface area contributed by atoms with Crippen molar-refractivity contribution in [2.45, 2.75) is 37.7 Å². The zero-order valence-electron chi connectivity index (χ0n) is 14.4. The Balaban J connectivity index is 2.40. The largest absolute Gasteiger partial charge is 0.309 e. The van der Waals surface area contributed by atoms with E-state index in [2.05, 4.69) is 9.97 Å². The smallest absolute Gasteiger partial charge is 0.258 e. The number of rotatable bonds is 5. The number of aromatic nitrogens is 2. The first-order valence-electron chi connectivity index (χ1n) is 7.56. The summed E-state index contributed by atoms with van der Waals surface area (Å²) in [6, 6.07) is 4.85. The minimum Gasteiger partial charge on any atom is -0.258 e. The summed E-state index contributed by atoms with van der Waals surface area (Å²) < 4.78 is 24.0. The molecule has 2 aromatic rings. The zero-order valence-corrected chi connectivity index (χ0v) is 16.7. The predicted molar refractivity (Wildman–Crippen MR) is 100 cm³/mol. The summed E-state index contributed by atoms with van der Waals surface area (Å²) in [4.78, 5) is 18.1. The predicted octanol–water partition coefficient (Wildman–Crippen LogP) is 4.00. The topological polar surface area (TPSA) is 103 Å². The summed E-state index contributed by atoms with van der Waals surface area (Å²) in [6.45, 7) is 4.85. The van der Waals surface area contributed by atoms with Crippen molar-refractivity contribution in [3.05, 3.63) is 61.6 Å². The van der Waals surface area contributed by atoms with Gasteiger partial charge in [-0.05, 0) is 49.6 Å². The second kappa shape index (κ2) is 7.46. The first-order valence-corrected chi connectivity index (χ1v) is 9.97. The third-order valence-corrected chi connectivity index (χ3v) is 6.88. The monoisotopic (exact) mass is 417 g/mol. The van der Waals surface area contributed by atoms with Crippen LogP contribution in [0, 0.1) is 10.1 Å². The molecule has 0 saturated heterocycles. The second-order valence-electron chi connectivity index (χ2n) is 6.70. The van der Waals surface area contributed by atoms with Crippen LogP contribution in [0.15, 0.2) is 24.4 Å². The van der Waals surface area contributed by atoms with E-state index in [1.807, 2.05) is 0 Å². The number of hydrogen-bond acceptors (Lipinski definition) is 6. The first kappa shape index (κ1) is 20.5. The molecular formula is C16H17Cl2N3O4S. The van der Waals surface area contributed by atoms with Crippen LogP contribution >= 0.6 is 23.2 Å². The van der Waals surface area contributed by atoms with Gasteiger partial charge in [0, 0.05) is 11.4 Å². The number of hydrogen-bond donors (Lipinski definition) is 0. The van der Waals surface area contributed by atoms with Crippen LogP contribution < -0.4 is 0 Å². The molecule has 0 atom stereocenters. The van der Waals surface area contributed by atoms with E-state index in [4.69, 9.17) is 23.2 Å². The summed E-state index contributed by atoms with van der Waals surface area (Å²) in [5.74, 6) is -0.226. The van der Waals surface area contributed by atoms with Crippen molar-refractivity contribution < 1.29 is 13.3 Å². The van der Waals surface area contributed by atoms with Crippen molar-refractivity contribution in [1.29, 1.82) is 0 Å². The van der Waals surface area contributed by atoms with E-state index in [-0.39, 0.29) is 28.8 Å². The molecule has 7 nitrogen and oxygen atoms in total. The molecule has 0 aliphatic heterocycles. The molecule has 0 amide bonds. The Kier molecular flexibility index (Phi) is 5.89. The van der Waals surface area contributed by atoms with Crippen molar-refractivity contribution in [2.75, 3.05) is 0 Å². The maximum absolute atomic E-state index is 12.4. The lowest BCUT2D eigenvalue weighted by molar-refractivity contribution is -0.386. The fourth-order valence-electron chi connectivity index (χ4n) is 2.13. The highest BCUT2D eigenvalue weighted by Crippen LogP contribution is 2.27. The SMILES string of the molecule is CC(C)(C)S(=O)(=O)Cc1cc(Cc2nc(Cl)ncc2[N+](=O)[O-])ccc1Cl. The first-order chi connectivity index (χ1) is 11.9. The Hall–Kier alpha value is -1.77. The third-order valence-electron chi connectivity index (χ3n) is 3.77. The van der Waals surface area contributed by atoms with Crippen molar-refractivity contribution in [3.8, 4) is 0 Å². The summed E-state index contributed by atoms with van der Waals surface area (Å²) in [5, 5.41) is 11.3. The van der Waals surface area contributed by atoms with E-state index in [1.54, 1.807) is 39.0 Å². The fraction of sp³-hybridized carbons (Fsp3) is 0.375. The number of sulfone groups is 1. The minimum absolute atomic E-state index is 0.0955. The second-order valence-corrected chi connectivity index (χ2v) is 10.2. The lowest BCUT2D eigenvalue weighted by atomic mass is 10.1. The highest BCUT2D eigenvalue weighted by Gasteiger charge is 2.29. The summed E-state index contributed by atoms with van der Waals surface area (Å²) >= 11 is 11.9. The molecule has 1 aromatic carbocycles. The maximum atomic E-state index is 12.4. The third kappa shape index (κ3) is 4.69. The van der Waals surface area contributed by atoms with E-state index in [0.717, 1.165) is 6.20 Å². The van der Waals surface area contributed by atoms with E-state index in [1.165, 1.54) is 0 Å². The average Bonchev–Trinajstić information content (AvgIpc) is 2.49. The van der Waals surface area contributed by atoms with Crippen LogP contribution in [0.4, 0.5) is 5.69 Å². The van der Waals surface area contributed by atoms with Gasteiger partial charge in [-0.3, -0.25) is 10.1 Å². The van der Waals surface area contributed by atoms with Gasteiger partial charge in [0.25, 0.3) is 0 Å². The molecule has 140 valence electrons. The standard InChI is InChI=1S/C16H17Cl2N3O4S/c1-16(2,3)26(24,25)9-11-6-10(4-5-12(11)17)7-13-14(21(22)23)8-19-15(18)20-13/h4-6,8H,7,9H2,1-3H3. The Bertz CT molecular complexity index is 956. The molecule has 0 radical (unpaired) electrons. The van der Waals surface area contributed by atoms with Gasteiger partial charge in [0.15, 0.2) is 9.84 Å². The summed E-state index contributed by atoms with van der Waals surface area (Å²) in [7, 11) is -3.43. The zero-order chi connectivity index (χ0) is 19.7. The normalized spacial score (nSPS) is 12.2. The van der Waals surface area contributed by atoms with Crippen LogP contribution in [0.25, 0.3) is 0 Å². The number of nitrogens with zero attached hydrogens (tertiary/aromatic N) is 3. The van der Waals surface area contributed by atoms with Crippen molar-refractivity contribution in [3.63, 3.8) is 0 Å². The molecule has 0 bridgehead atoms. The lowest BCUT2D eigenvalue weighted by Crippen LogP contribution is -2.29. The molecule has 2 rings (SSSR count). The summed E-state index contributed by atoms with van der Waals surface area (Å²) in [5.41, 5.74) is 0.948. The quantitative estimate of drug-likeness (QED) is 0.413. The lowest BCUT2D eigenvalue weighted by Gasteiger charge is -2.20.